The molecule has 1 aromatic heterocycles. The zero-order valence-corrected chi connectivity index (χ0v) is 9.28. The molecule has 0 bridgehead atoms. The lowest BCUT2D eigenvalue weighted by molar-refractivity contribution is 0.0266. The van der Waals surface area contributed by atoms with E-state index < -0.39 is 5.60 Å². The molecule has 0 aliphatic heterocycles. The molecule has 1 unspecified atom stereocenters. The van der Waals surface area contributed by atoms with E-state index in [1.807, 2.05) is 34.0 Å². The third-order valence-corrected chi connectivity index (χ3v) is 2.60. The second-order valence-electron chi connectivity index (χ2n) is 4.27. The van der Waals surface area contributed by atoms with Crippen LogP contribution in [0.2, 0.25) is 0 Å². The number of hydrogen-bond acceptors (Lipinski definition) is 3. The summed E-state index contributed by atoms with van der Waals surface area (Å²) in [4.78, 5) is 0. The minimum absolute atomic E-state index is 0.228. The molecule has 1 aromatic rings. The molecule has 4 nitrogen and oxygen atoms in total. The lowest BCUT2D eigenvalue weighted by Crippen LogP contribution is -2.38. The number of aromatic nitrogens is 2. The van der Waals surface area contributed by atoms with Crippen molar-refractivity contribution in [2.24, 2.45) is 13.0 Å². The van der Waals surface area contributed by atoms with Crippen molar-refractivity contribution in [1.29, 1.82) is 0 Å². The summed E-state index contributed by atoms with van der Waals surface area (Å²) in [6.07, 6.45) is 3.63. The summed E-state index contributed by atoms with van der Waals surface area (Å²) in [6.45, 7) is 6.38. The predicted molar refractivity (Wildman–Crippen MR) is 57.2 cm³/mol. The third kappa shape index (κ3) is 2.73. The summed E-state index contributed by atoms with van der Waals surface area (Å²) in [5.74, 6) is 0.228. The van der Waals surface area contributed by atoms with E-state index in [4.69, 9.17) is 0 Å². The summed E-state index contributed by atoms with van der Waals surface area (Å²) in [5, 5.41) is 17.2. The summed E-state index contributed by atoms with van der Waals surface area (Å²) in [7, 11) is 1.87. The van der Waals surface area contributed by atoms with Crippen LogP contribution in [0.5, 0.6) is 0 Å². The second-order valence-corrected chi connectivity index (χ2v) is 4.27. The monoisotopic (exact) mass is 197 g/mol. The molecule has 0 saturated heterocycles. The molecule has 0 saturated carbocycles. The highest BCUT2D eigenvalue weighted by atomic mass is 16.3. The number of rotatable bonds is 4. The zero-order chi connectivity index (χ0) is 10.8. The molecule has 0 spiro atoms. The maximum absolute atomic E-state index is 9.97. The predicted octanol–water partition coefficient (Wildman–Crippen LogP) is 1.24. The quantitative estimate of drug-likeness (QED) is 0.763. The van der Waals surface area contributed by atoms with Gasteiger partial charge in [0.1, 0.15) is 0 Å². The van der Waals surface area contributed by atoms with E-state index in [2.05, 4.69) is 10.4 Å². The van der Waals surface area contributed by atoms with Gasteiger partial charge in [-0.2, -0.15) is 5.10 Å². The lowest BCUT2D eigenvalue weighted by atomic mass is 9.92. The van der Waals surface area contributed by atoms with Crippen molar-refractivity contribution in [3.8, 4) is 0 Å². The van der Waals surface area contributed by atoms with Crippen molar-refractivity contribution < 1.29 is 5.11 Å². The Balaban J connectivity index is 2.48. The Kier molecular flexibility index (Phi) is 3.16. The summed E-state index contributed by atoms with van der Waals surface area (Å²) in [6, 6.07) is 0. The molecule has 2 N–H and O–H groups in total. The van der Waals surface area contributed by atoms with E-state index in [0.29, 0.717) is 6.54 Å². The van der Waals surface area contributed by atoms with Gasteiger partial charge in [-0.3, -0.25) is 4.68 Å². The van der Waals surface area contributed by atoms with E-state index in [1.165, 1.54) is 0 Å². The number of nitrogens with zero attached hydrogens (tertiary/aromatic N) is 2. The number of hydrogen-bond donors (Lipinski definition) is 2. The summed E-state index contributed by atoms with van der Waals surface area (Å²) < 4.78 is 1.73. The van der Waals surface area contributed by atoms with E-state index >= 15 is 0 Å². The van der Waals surface area contributed by atoms with Crippen LogP contribution in [0.25, 0.3) is 0 Å². The van der Waals surface area contributed by atoms with E-state index in [0.717, 1.165) is 5.69 Å². The van der Waals surface area contributed by atoms with Crippen molar-refractivity contribution in [1.82, 2.24) is 9.78 Å². The van der Waals surface area contributed by atoms with Crippen LogP contribution in [0, 0.1) is 5.92 Å². The van der Waals surface area contributed by atoms with Gasteiger partial charge in [0.25, 0.3) is 0 Å². The smallest absolute Gasteiger partial charge is 0.0814 e. The van der Waals surface area contributed by atoms with Crippen LogP contribution in [0.15, 0.2) is 12.4 Å². The molecular formula is C10H19N3O. The van der Waals surface area contributed by atoms with Crippen LogP contribution in [-0.2, 0) is 7.05 Å². The standard InChI is InChI=1S/C10H19N3O/c1-8(2)10(3,14)7-11-9-5-12-13(4)6-9/h5-6,8,11,14H,7H2,1-4H3. The highest BCUT2D eigenvalue weighted by molar-refractivity contribution is 5.38. The average Bonchev–Trinajstić information content (AvgIpc) is 2.48. The molecular weight excluding hydrogens is 178 g/mol. The second kappa shape index (κ2) is 4.00. The fraction of sp³-hybridized carbons (Fsp3) is 0.700. The number of anilines is 1. The SMILES string of the molecule is CC(C)C(C)(O)CNc1cnn(C)c1. The fourth-order valence-electron chi connectivity index (χ4n) is 0.998. The van der Waals surface area contributed by atoms with Crippen LogP contribution in [0.3, 0.4) is 0 Å². The van der Waals surface area contributed by atoms with Crippen molar-refractivity contribution in [2.75, 3.05) is 11.9 Å². The minimum atomic E-state index is -0.685. The first-order valence-corrected chi connectivity index (χ1v) is 4.87. The van der Waals surface area contributed by atoms with Gasteiger partial charge in [0.2, 0.25) is 0 Å². The summed E-state index contributed by atoms with van der Waals surface area (Å²) in [5.41, 5.74) is 0.254. The maximum Gasteiger partial charge on any atom is 0.0814 e. The molecule has 4 heteroatoms. The Morgan fingerprint density at radius 2 is 2.29 bits per heavy atom. The van der Waals surface area contributed by atoms with Gasteiger partial charge in [-0.1, -0.05) is 13.8 Å². The Bertz CT molecular complexity index is 291. The van der Waals surface area contributed by atoms with Crippen LogP contribution in [0.1, 0.15) is 20.8 Å². The van der Waals surface area contributed by atoms with Gasteiger partial charge < -0.3 is 10.4 Å². The number of aryl methyl sites for hydroxylation is 1. The molecule has 0 aliphatic carbocycles. The van der Waals surface area contributed by atoms with Gasteiger partial charge in [0.15, 0.2) is 0 Å². The zero-order valence-electron chi connectivity index (χ0n) is 9.28. The van der Waals surface area contributed by atoms with Gasteiger partial charge >= 0.3 is 0 Å². The molecule has 0 radical (unpaired) electrons. The van der Waals surface area contributed by atoms with Gasteiger partial charge in [0, 0.05) is 19.8 Å². The molecule has 14 heavy (non-hydrogen) atoms. The van der Waals surface area contributed by atoms with Crippen LogP contribution < -0.4 is 5.32 Å². The largest absolute Gasteiger partial charge is 0.388 e. The van der Waals surface area contributed by atoms with Gasteiger partial charge in [0.05, 0.1) is 17.5 Å². The molecule has 1 heterocycles. The van der Waals surface area contributed by atoms with Crippen LogP contribution >= 0.6 is 0 Å². The van der Waals surface area contributed by atoms with Crippen molar-refractivity contribution >= 4 is 5.69 Å². The maximum atomic E-state index is 9.97. The molecule has 1 rings (SSSR count). The third-order valence-electron chi connectivity index (χ3n) is 2.60. The minimum Gasteiger partial charge on any atom is -0.388 e. The Labute approximate surface area is 84.9 Å². The lowest BCUT2D eigenvalue weighted by Gasteiger charge is -2.27. The van der Waals surface area contributed by atoms with Gasteiger partial charge in [-0.25, -0.2) is 0 Å². The van der Waals surface area contributed by atoms with Crippen molar-refractivity contribution in [3.05, 3.63) is 12.4 Å². The highest BCUT2D eigenvalue weighted by Gasteiger charge is 2.24. The highest BCUT2D eigenvalue weighted by Crippen LogP contribution is 2.16. The van der Waals surface area contributed by atoms with Gasteiger partial charge in [-0.15, -0.1) is 0 Å². The van der Waals surface area contributed by atoms with Crippen molar-refractivity contribution in [3.63, 3.8) is 0 Å². The fourth-order valence-corrected chi connectivity index (χ4v) is 0.998. The Morgan fingerprint density at radius 3 is 2.71 bits per heavy atom. The molecule has 0 amide bonds. The first-order valence-electron chi connectivity index (χ1n) is 4.87. The number of aliphatic hydroxyl groups is 1. The molecule has 1 atom stereocenters. The Hall–Kier alpha value is -1.03. The van der Waals surface area contributed by atoms with E-state index in [9.17, 15) is 5.11 Å². The van der Waals surface area contributed by atoms with E-state index in [-0.39, 0.29) is 5.92 Å². The van der Waals surface area contributed by atoms with E-state index in [1.54, 1.807) is 10.9 Å². The first kappa shape index (κ1) is 11.0. The average molecular weight is 197 g/mol. The molecule has 80 valence electrons. The first-order chi connectivity index (χ1) is 6.42. The molecule has 0 fully saturated rings. The normalized spacial score (nSPS) is 15.6. The molecule has 0 aromatic carbocycles. The van der Waals surface area contributed by atoms with Gasteiger partial charge in [-0.05, 0) is 12.8 Å². The van der Waals surface area contributed by atoms with Crippen molar-refractivity contribution in [2.45, 2.75) is 26.4 Å². The molecule has 0 aliphatic rings. The van der Waals surface area contributed by atoms with Crippen LogP contribution in [0.4, 0.5) is 5.69 Å². The summed E-state index contributed by atoms with van der Waals surface area (Å²) >= 11 is 0. The van der Waals surface area contributed by atoms with Crippen LogP contribution in [-0.4, -0.2) is 27.0 Å². The topological polar surface area (TPSA) is 50.1 Å². The Morgan fingerprint density at radius 1 is 1.64 bits per heavy atom. The number of nitrogens with one attached hydrogen (secondary N) is 1.